The first-order valence-corrected chi connectivity index (χ1v) is 23.2. The summed E-state index contributed by atoms with van der Waals surface area (Å²) < 4.78 is 6.24. The van der Waals surface area contributed by atoms with Crippen LogP contribution in [0.2, 0.25) is 0 Å². The number of allylic oxidation sites excluding steroid dienone is 18. The van der Waals surface area contributed by atoms with Crippen LogP contribution in [-0.2, 0) is 5.41 Å². The van der Waals surface area contributed by atoms with Crippen molar-refractivity contribution < 1.29 is 4.42 Å². The van der Waals surface area contributed by atoms with Crippen molar-refractivity contribution in [2.75, 3.05) is 0 Å². The lowest BCUT2D eigenvalue weighted by Gasteiger charge is -2.25. The van der Waals surface area contributed by atoms with Gasteiger partial charge in [0.05, 0.1) is 0 Å². The molecule has 4 aliphatic carbocycles. The molecule has 0 N–H and O–H groups in total. The molecule has 0 bridgehead atoms. The third-order valence-electron chi connectivity index (χ3n) is 12.8. The minimum Gasteiger partial charge on any atom is -0.455 e. The van der Waals surface area contributed by atoms with Gasteiger partial charge < -0.3 is 4.42 Å². The quantitative estimate of drug-likeness (QED) is 0.139. The van der Waals surface area contributed by atoms with Gasteiger partial charge in [-0.3, -0.25) is 0 Å². The van der Waals surface area contributed by atoms with Gasteiger partial charge in [-0.2, -0.15) is 0 Å². The summed E-state index contributed by atoms with van der Waals surface area (Å²) in [5.41, 5.74) is 19.8. The van der Waals surface area contributed by atoms with Crippen molar-refractivity contribution in [3.05, 3.63) is 227 Å². The summed E-state index contributed by atoms with van der Waals surface area (Å²) in [6.07, 6.45) is 38.0. The number of rotatable bonds is 8. The molecule has 1 unspecified atom stereocenters. The van der Waals surface area contributed by atoms with Gasteiger partial charge in [0.25, 0.3) is 0 Å². The molecule has 1 atom stereocenters. The van der Waals surface area contributed by atoms with Gasteiger partial charge in [-0.1, -0.05) is 209 Å². The summed E-state index contributed by atoms with van der Waals surface area (Å²) in [4.78, 5) is 0. The van der Waals surface area contributed by atoms with Crippen LogP contribution < -0.4 is 0 Å². The van der Waals surface area contributed by atoms with E-state index in [1.54, 1.807) is 5.57 Å². The SMILES string of the molecule is CC.C\C=C/C=C\C=C\C1=CC=C(CC2C=CC(c3cccc4c3oc3ccccc34)=CC2)CC1.Cc1ccc2c(c1)C(C)(C)c1c(-c3ccccc3)cc(C3=CCCC=C3)cc1-2. The van der Waals surface area contributed by atoms with E-state index in [0.29, 0.717) is 5.92 Å². The van der Waals surface area contributed by atoms with Crippen LogP contribution in [0.25, 0.3) is 55.3 Å². The van der Waals surface area contributed by atoms with Crippen LogP contribution in [0, 0.1) is 12.8 Å². The maximum atomic E-state index is 6.24. The third kappa shape index (κ3) is 9.35. The van der Waals surface area contributed by atoms with E-state index in [2.05, 4.69) is 185 Å². The van der Waals surface area contributed by atoms with Crippen LogP contribution in [-0.4, -0.2) is 0 Å². The normalized spacial score (nSPS) is 17.5. The highest BCUT2D eigenvalue weighted by atomic mass is 16.3. The van der Waals surface area contributed by atoms with Gasteiger partial charge in [0.15, 0.2) is 0 Å². The predicted octanol–water partition coefficient (Wildman–Crippen LogP) is 18.0. The second-order valence-electron chi connectivity index (χ2n) is 17.5. The van der Waals surface area contributed by atoms with Crippen molar-refractivity contribution in [2.24, 2.45) is 5.92 Å². The smallest absolute Gasteiger partial charge is 0.143 e. The Morgan fingerprint density at radius 3 is 2.22 bits per heavy atom. The summed E-state index contributed by atoms with van der Waals surface area (Å²) in [6, 6.07) is 37.4. The second kappa shape index (κ2) is 19.7. The Labute approximate surface area is 376 Å². The summed E-state index contributed by atoms with van der Waals surface area (Å²) in [6.45, 7) is 13.0. The maximum absolute atomic E-state index is 6.24. The second-order valence-corrected chi connectivity index (χ2v) is 17.5. The van der Waals surface area contributed by atoms with E-state index in [-0.39, 0.29) is 5.41 Å². The molecule has 0 aliphatic heterocycles. The number of fused-ring (bicyclic) bond motifs is 6. The Morgan fingerprint density at radius 1 is 0.667 bits per heavy atom. The molecule has 0 radical (unpaired) electrons. The van der Waals surface area contributed by atoms with Crippen LogP contribution in [0.4, 0.5) is 0 Å². The minimum absolute atomic E-state index is 0.00280. The van der Waals surface area contributed by atoms with Gasteiger partial charge >= 0.3 is 0 Å². The maximum Gasteiger partial charge on any atom is 0.143 e. The van der Waals surface area contributed by atoms with Crippen molar-refractivity contribution in [1.29, 1.82) is 0 Å². The van der Waals surface area contributed by atoms with Gasteiger partial charge in [-0.25, -0.2) is 0 Å². The summed E-state index contributed by atoms with van der Waals surface area (Å²) in [7, 11) is 0. The van der Waals surface area contributed by atoms with E-state index in [9.17, 15) is 0 Å². The average Bonchev–Trinajstić information content (AvgIpc) is 3.82. The third-order valence-corrected chi connectivity index (χ3v) is 12.8. The van der Waals surface area contributed by atoms with Crippen molar-refractivity contribution in [1.82, 2.24) is 0 Å². The molecular formula is C62H62O. The monoisotopic (exact) mass is 822 g/mol. The van der Waals surface area contributed by atoms with E-state index in [0.717, 1.165) is 49.7 Å². The van der Waals surface area contributed by atoms with Gasteiger partial charge in [0.2, 0.25) is 0 Å². The molecule has 1 nitrogen and oxygen atoms in total. The van der Waals surface area contributed by atoms with Gasteiger partial charge in [-0.05, 0) is 132 Å². The lowest BCUT2D eigenvalue weighted by molar-refractivity contribution is 0.629. The molecule has 6 aromatic rings. The van der Waals surface area contributed by atoms with Crippen LogP contribution >= 0.6 is 0 Å². The lowest BCUT2D eigenvalue weighted by atomic mass is 9.77. The Morgan fingerprint density at radius 2 is 1.46 bits per heavy atom. The molecule has 63 heavy (non-hydrogen) atoms. The molecule has 0 saturated heterocycles. The van der Waals surface area contributed by atoms with Crippen molar-refractivity contribution in [3.63, 3.8) is 0 Å². The first-order valence-electron chi connectivity index (χ1n) is 23.2. The Hall–Kier alpha value is -6.44. The molecule has 0 fully saturated rings. The number of benzene rings is 5. The average molecular weight is 823 g/mol. The molecule has 0 saturated carbocycles. The van der Waals surface area contributed by atoms with Crippen LogP contribution in [0.1, 0.15) is 101 Å². The molecule has 4 aliphatic rings. The first-order chi connectivity index (χ1) is 30.9. The van der Waals surface area contributed by atoms with Crippen molar-refractivity contribution in [2.45, 2.75) is 85.5 Å². The van der Waals surface area contributed by atoms with Gasteiger partial charge in [0.1, 0.15) is 11.2 Å². The standard InChI is InChI=1S/C32H30O.C28H26.C2H6/c1-2-3-4-5-6-10-24-15-17-25(18-16-24)23-26-19-21-27(22-20-26)28-12-9-13-30-29-11-7-8-14-31(29)33-32(28)30;1-19-14-15-23-25-18-22(20-10-6-4-7-11-20)17-24(21-12-8-5-9-13-21)27(25)28(2,3)26(23)16-19;1-2/h2-15,17,19,21-22,26H,16,18,20,23H2,1H3;5-6,8-18H,4,7H2,1-3H3;1-2H3/b3-2-,5-4-,10-6+;;. The summed E-state index contributed by atoms with van der Waals surface area (Å²) >= 11 is 0. The molecule has 0 spiro atoms. The molecular weight excluding hydrogens is 761 g/mol. The van der Waals surface area contributed by atoms with E-state index in [1.807, 2.05) is 45.1 Å². The molecule has 0 amide bonds. The summed E-state index contributed by atoms with van der Waals surface area (Å²) in [5.74, 6) is 0.573. The van der Waals surface area contributed by atoms with Gasteiger partial charge in [0, 0.05) is 21.8 Å². The summed E-state index contributed by atoms with van der Waals surface area (Å²) in [5, 5.41) is 2.38. The van der Waals surface area contributed by atoms with E-state index in [4.69, 9.17) is 4.42 Å². The van der Waals surface area contributed by atoms with Gasteiger partial charge in [-0.15, -0.1) is 0 Å². The fourth-order valence-electron chi connectivity index (χ4n) is 9.66. The van der Waals surface area contributed by atoms with E-state index < -0.39 is 0 Å². The van der Waals surface area contributed by atoms with Crippen LogP contribution in [0.3, 0.4) is 0 Å². The zero-order valence-electron chi connectivity index (χ0n) is 38.1. The molecule has 5 aromatic carbocycles. The minimum atomic E-state index is -0.00280. The zero-order valence-corrected chi connectivity index (χ0v) is 38.1. The molecule has 1 heterocycles. The topological polar surface area (TPSA) is 13.1 Å². The number of aryl methyl sites for hydroxylation is 1. The number of hydrogen-bond acceptors (Lipinski definition) is 1. The van der Waals surface area contributed by atoms with Crippen molar-refractivity contribution in [3.8, 4) is 22.3 Å². The largest absolute Gasteiger partial charge is 0.455 e. The fourth-order valence-corrected chi connectivity index (χ4v) is 9.66. The Balaban J connectivity index is 0.000000168. The molecule has 1 aromatic heterocycles. The predicted molar refractivity (Wildman–Crippen MR) is 274 cm³/mol. The highest BCUT2D eigenvalue weighted by Gasteiger charge is 2.38. The molecule has 1 heteroatoms. The van der Waals surface area contributed by atoms with E-state index in [1.165, 1.54) is 77.6 Å². The Bertz CT molecular complexity index is 2890. The fraction of sp³-hybridized carbons (Fsp3) is 0.226. The van der Waals surface area contributed by atoms with Crippen molar-refractivity contribution >= 4 is 33.1 Å². The van der Waals surface area contributed by atoms with E-state index >= 15 is 0 Å². The number of furan rings is 1. The Kier molecular flexibility index (Phi) is 13.5. The first kappa shape index (κ1) is 43.2. The highest BCUT2D eigenvalue weighted by Crippen LogP contribution is 2.53. The van der Waals surface area contributed by atoms with Crippen LogP contribution in [0.5, 0.6) is 0 Å². The van der Waals surface area contributed by atoms with Crippen LogP contribution in [0.15, 0.2) is 204 Å². The molecule has 10 rings (SSSR count). The number of hydrogen-bond donors (Lipinski definition) is 0. The lowest BCUT2D eigenvalue weighted by Crippen LogP contribution is -2.16. The zero-order chi connectivity index (χ0) is 43.8. The number of para-hydroxylation sites is 2. The highest BCUT2D eigenvalue weighted by molar-refractivity contribution is 6.08. The molecule has 316 valence electrons.